The van der Waals surface area contributed by atoms with E-state index in [1.807, 2.05) is 11.6 Å². The van der Waals surface area contributed by atoms with E-state index in [0.29, 0.717) is 39.7 Å². The second-order valence-corrected chi connectivity index (χ2v) is 10.9. The van der Waals surface area contributed by atoms with Crippen LogP contribution in [-0.4, -0.2) is 64.0 Å². The summed E-state index contributed by atoms with van der Waals surface area (Å²) in [4.78, 5) is 15.7. The monoisotopic (exact) mass is 520 g/mol. The molecule has 11 nitrogen and oxygen atoms in total. The first-order chi connectivity index (χ1) is 17.7. The van der Waals surface area contributed by atoms with Crippen LogP contribution in [0.25, 0.3) is 16.7 Å². The van der Waals surface area contributed by atoms with E-state index >= 15 is 0 Å². The average molecular weight is 521 g/mol. The van der Waals surface area contributed by atoms with Gasteiger partial charge in [0, 0.05) is 43.2 Å². The normalized spacial score (nSPS) is 16.8. The number of ether oxygens (including phenoxy) is 1. The number of pyridine rings is 1. The molecule has 0 radical (unpaired) electrons. The third-order valence-electron chi connectivity index (χ3n) is 6.77. The van der Waals surface area contributed by atoms with E-state index in [4.69, 9.17) is 21.4 Å². The van der Waals surface area contributed by atoms with Crippen molar-refractivity contribution in [1.82, 2.24) is 43.8 Å². The lowest BCUT2D eigenvalue weighted by atomic mass is 9.91. The number of aromatic nitrogens is 8. The zero-order valence-electron chi connectivity index (χ0n) is 21.5. The van der Waals surface area contributed by atoms with Crippen molar-refractivity contribution in [3.05, 3.63) is 47.8 Å². The number of hydrogen-bond acceptors (Lipinski definition) is 8. The molecule has 1 atom stereocenters. The van der Waals surface area contributed by atoms with Crippen LogP contribution in [-0.2, 0) is 12.5 Å². The molecule has 0 unspecified atom stereocenters. The third-order valence-corrected chi connectivity index (χ3v) is 7.14. The average Bonchev–Trinajstić information content (AvgIpc) is 3.63. The summed E-state index contributed by atoms with van der Waals surface area (Å²) < 4.78 is 11.8. The van der Waals surface area contributed by atoms with Gasteiger partial charge in [0.05, 0.1) is 24.6 Å². The fraction of sp³-hybridized carbons (Fsp3) is 0.400. The van der Waals surface area contributed by atoms with Gasteiger partial charge in [-0.05, 0) is 20.0 Å². The molecule has 0 bridgehead atoms. The van der Waals surface area contributed by atoms with Crippen LogP contribution in [0.5, 0.6) is 11.5 Å². The Morgan fingerprint density at radius 1 is 1.14 bits per heavy atom. The second kappa shape index (κ2) is 8.70. The van der Waals surface area contributed by atoms with Crippen molar-refractivity contribution < 1.29 is 4.74 Å². The number of anilines is 2. The fourth-order valence-corrected chi connectivity index (χ4v) is 5.12. The molecule has 37 heavy (non-hydrogen) atoms. The molecule has 0 amide bonds. The predicted molar refractivity (Wildman–Crippen MR) is 142 cm³/mol. The highest BCUT2D eigenvalue weighted by Gasteiger charge is 2.29. The minimum atomic E-state index is -0.0504. The molecule has 5 aromatic heterocycles. The van der Waals surface area contributed by atoms with Gasteiger partial charge < -0.3 is 19.5 Å². The molecular formula is C25H29ClN10O. The summed E-state index contributed by atoms with van der Waals surface area (Å²) in [6.45, 7) is 8.69. The van der Waals surface area contributed by atoms with E-state index in [1.54, 1.807) is 35.5 Å². The summed E-state index contributed by atoms with van der Waals surface area (Å²) in [7, 11) is 4.04. The largest absolute Gasteiger partial charge is 0.450 e. The quantitative estimate of drug-likeness (QED) is 0.359. The molecule has 12 heteroatoms. The molecule has 1 N–H and O–H groups in total. The van der Waals surface area contributed by atoms with E-state index in [9.17, 15) is 0 Å². The summed E-state index contributed by atoms with van der Waals surface area (Å²) in [6.07, 6.45) is 9.38. The highest BCUT2D eigenvalue weighted by molar-refractivity contribution is 6.36. The Kier molecular flexibility index (Phi) is 5.57. The molecule has 1 fully saturated rings. The van der Waals surface area contributed by atoms with Crippen LogP contribution >= 0.6 is 11.6 Å². The molecule has 192 valence electrons. The molecule has 5 aromatic rings. The number of hydrogen-bond donors (Lipinski definition) is 1. The van der Waals surface area contributed by atoms with E-state index in [1.165, 1.54) is 5.69 Å². The summed E-state index contributed by atoms with van der Waals surface area (Å²) in [5.41, 5.74) is 3.03. The molecule has 0 aromatic carbocycles. The van der Waals surface area contributed by atoms with Crippen molar-refractivity contribution in [2.75, 3.05) is 25.5 Å². The number of aryl methyl sites for hydroxylation is 1. The molecule has 6 heterocycles. The molecule has 0 spiro atoms. The van der Waals surface area contributed by atoms with Gasteiger partial charge in [-0.15, -0.1) is 0 Å². The zero-order valence-corrected chi connectivity index (χ0v) is 22.2. The number of likely N-dealkylation sites (tertiary alicyclic amines) is 1. The van der Waals surface area contributed by atoms with Crippen molar-refractivity contribution in [3.8, 4) is 11.5 Å². The van der Waals surface area contributed by atoms with Gasteiger partial charge in [0.15, 0.2) is 23.0 Å². The second-order valence-electron chi connectivity index (χ2n) is 10.6. The van der Waals surface area contributed by atoms with E-state index in [0.717, 1.165) is 30.8 Å². The molecule has 1 aliphatic rings. The fourth-order valence-electron chi connectivity index (χ4n) is 4.83. The van der Waals surface area contributed by atoms with Crippen LogP contribution in [0.15, 0.2) is 37.1 Å². The minimum absolute atomic E-state index is 0.0504. The van der Waals surface area contributed by atoms with Crippen molar-refractivity contribution >= 4 is 40.0 Å². The lowest BCUT2D eigenvalue weighted by Gasteiger charge is -2.23. The van der Waals surface area contributed by atoms with Gasteiger partial charge in [-0.3, -0.25) is 9.67 Å². The standard InChI is InChI=1S/C25H29ClN10O/c1-25(2,3)19-10-20(32-36(19)15-6-8-33(4)14-15)30-24-31-23-22(34(24)5)21(26)18(12-28-23)37-17-13-29-35-9-7-27-11-16(17)35/h7,9-13,15H,6,8,14H2,1-5H3,(H,28,30,31,32)/t15-/m0/s1. The Morgan fingerprint density at radius 3 is 2.73 bits per heavy atom. The first-order valence-corrected chi connectivity index (χ1v) is 12.6. The van der Waals surface area contributed by atoms with Gasteiger partial charge in [-0.25, -0.2) is 9.50 Å². The number of imidazole rings is 1. The van der Waals surface area contributed by atoms with Gasteiger partial charge in [0.1, 0.15) is 16.1 Å². The van der Waals surface area contributed by atoms with E-state index in [2.05, 4.69) is 68.8 Å². The lowest BCUT2D eigenvalue weighted by Crippen LogP contribution is -2.24. The number of likely N-dealkylation sites (N-methyl/N-ethyl adjacent to an activating group) is 1. The summed E-state index contributed by atoms with van der Waals surface area (Å²) in [5, 5.41) is 13.0. The third kappa shape index (κ3) is 4.17. The molecule has 1 aliphatic heterocycles. The highest BCUT2D eigenvalue weighted by Crippen LogP contribution is 2.37. The first-order valence-electron chi connectivity index (χ1n) is 12.2. The number of nitrogens with one attached hydrogen (secondary N) is 1. The lowest BCUT2D eigenvalue weighted by molar-refractivity contribution is 0.366. The number of nitrogens with zero attached hydrogens (tertiary/aromatic N) is 9. The Bertz CT molecular complexity index is 1610. The zero-order chi connectivity index (χ0) is 25.9. The van der Waals surface area contributed by atoms with Gasteiger partial charge in [0.2, 0.25) is 5.95 Å². The maximum absolute atomic E-state index is 6.80. The number of halogens is 1. The molecule has 0 aliphatic carbocycles. The topological polar surface area (TPSA) is 103 Å². The number of fused-ring (bicyclic) bond motifs is 2. The van der Waals surface area contributed by atoms with Crippen molar-refractivity contribution in [2.24, 2.45) is 7.05 Å². The van der Waals surface area contributed by atoms with Crippen LogP contribution in [0.2, 0.25) is 5.02 Å². The van der Waals surface area contributed by atoms with Gasteiger partial charge in [-0.2, -0.15) is 15.2 Å². The van der Waals surface area contributed by atoms with E-state index in [-0.39, 0.29) is 5.41 Å². The highest BCUT2D eigenvalue weighted by atomic mass is 35.5. The molecule has 1 saturated heterocycles. The molecular weight excluding hydrogens is 492 g/mol. The predicted octanol–water partition coefficient (Wildman–Crippen LogP) is 4.57. The SMILES string of the molecule is CN1CC[C@H](n2nc(Nc3nc4ncc(Oc5cnn6ccncc56)c(Cl)c4n3C)cc2C(C)(C)C)C1. The van der Waals surface area contributed by atoms with Gasteiger partial charge in [-0.1, -0.05) is 32.4 Å². The van der Waals surface area contributed by atoms with Crippen LogP contribution in [0.3, 0.4) is 0 Å². The Labute approximate surface area is 219 Å². The smallest absolute Gasteiger partial charge is 0.210 e. The number of rotatable bonds is 5. The minimum Gasteiger partial charge on any atom is -0.450 e. The van der Waals surface area contributed by atoms with Crippen molar-refractivity contribution in [3.63, 3.8) is 0 Å². The van der Waals surface area contributed by atoms with Crippen molar-refractivity contribution in [1.29, 1.82) is 0 Å². The van der Waals surface area contributed by atoms with Gasteiger partial charge in [0.25, 0.3) is 0 Å². The van der Waals surface area contributed by atoms with Crippen LogP contribution < -0.4 is 10.1 Å². The van der Waals surface area contributed by atoms with Gasteiger partial charge >= 0.3 is 0 Å². The van der Waals surface area contributed by atoms with Crippen LogP contribution in [0, 0.1) is 0 Å². The van der Waals surface area contributed by atoms with Crippen LogP contribution in [0.1, 0.15) is 38.9 Å². The van der Waals surface area contributed by atoms with Crippen LogP contribution in [0.4, 0.5) is 11.8 Å². The van der Waals surface area contributed by atoms with Crippen molar-refractivity contribution in [2.45, 2.75) is 38.6 Å². The maximum atomic E-state index is 6.80. The Balaban J connectivity index is 1.33. The molecule has 6 rings (SSSR count). The van der Waals surface area contributed by atoms with E-state index < -0.39 is 0 Å². The maximum Gasteiger partial charge on any atom is 0.210 e. The summed E-state index contributed by atoms with van der Waals surface area (Å²) in [6, 6.07) is 2.46. The first kappa shape index (κ1) is 23.7. The summed E-state index contributed by atoms with van der Waals surface area (Å²) in [5.74, 6) is 2.28. The molecule has 0 saturated carbocycles. The Hall–Kier alpha value is -3.70. The summed E-state index contributed by atoms with van der Waals surface area (Å²) >= 11 is 6.80. The Morgan fingerprint density at radius 2 is 1.97 bits per heavy atom.